The molecule has 2 nitrogen and oxygen atoms in total. The predicted molar refractivity (Wildman–Crippen MR) is 94.8 cm³/mol. The van der Waals surface area contributed by atoms with Crippen molar-refractivity contribution in [2.45, 2.75) is 37.6 Å². The Morgan fingerprint density at radius 1 is 1.12 bits per heavy atom. The molecule has 0 fully saturated rings. The van der Waals surface area contributed by atoms with Gasteiger partial charge in [-0.25, -0.2) is 9.37 Å². The highest BCUT2D eigenvalue weighted by Crippen LogP contribution is 2.48. The summed E-state index contributed by atoms with van der Waals surface area (Å²) in [5.74, 6) is 1.23. The molecule has 0 radical (unpaired) electrons. The van der Waals surface area contributed by atoms with Crippen LogP contribution in [-0.4, -0.2) is 4.98 Å². The van der Waals surface area contributed by atoms with Crippen LogP contribution in [-0.2, 0) is 6.42 Å². The number of benzene rings is 2. The van der Waals surface area contributed by atoms with Crippen molar-refractivity contribution in [2.24, 2.45) is 0 Å². The number of rotatable bonds is 2. The van der Waals surface area contributed by atoms with Crippen LogP contribution >= 0.6 is 0 Å². The monoisotopic (exact) mass is 318 g/mol. The van der Waals surface area contributed by atoms with Gasteiger partial charge in [-0.3, -0.25) is 0 Å². The maximum absolute atomic E-state index is 13.7. The van der Waals surface area contributed by atoms with E-state index in [2.05, 4.69) is 28.5 Å². The number of anilines is 1. The van der Waals surface area contributed by atoms with Gasteiger partial charge >= 0.3 is 0 Å². The highest BCUT2D eigenvalue weighted by atomic mass is 19.1. The van der Waals surface area contributed by atoms with Crippen LogP contribution in [0.15, 0.2) is 48.7 Å². The van der Waals surface area contributed by atoms with Crippen LogP contribution in [0, 0.1) is 5.82 Å². The maximum atomic E-state index is 13.7. The minimum absolute atomic E-state index is 0.219. The Balaban J connectivity index is 1.57. The first kappa shape index (κ1) is 14.0. The van der Waals surface area contributed by atoms with E-state index in [9.17, 15) is 4.39 Å². The van der Waals surface area contributed by atoms with Crippen molar-refractivity contribution in [1.82, 2.24) is 4.98 Å². The van der Waals surface area contributed by atoms with E-state index in [1.807, 2.05) is 12.1 Å². The molecular weight excluding hydrogens is 299 g/mol. The zero-order valence-corrected chi connectivity index (χ0v) is 13.4. The first-order chi connectivity index (χ1) is 11.8. The second kappa shape index (κ2) is 5.30. The van der Waals surface area contributed by atoms with Gasteiger partial charge in [-0.1, -0.05) is 24.3 Å². The number of halogens is 1. The molecule has 1 N–H and O–H groups in total. The summed E-state index contributed by atoms with van der Waals surface area (Å²) in [5.41, 5.74) is 4.49. The fourth-order valence-corrected chi connectivity index (χ4v) is 4.54. The molecule has 2 aliphatic rings. The molecule has 3 heteroatoms. The Bertz CT molecular complexity index is 934. The second-order valence-electron chi connectivity index (χ2n) is 6.97. The molecule has 2 aliphatic carbocycles. The zero-order chi connectivity index (χ0) is 16.1. The summed E-state index contributed by atoms with van der Waals surface area (Å²) in [6, 6.07) is 13.8. The maximum Gasteiger partial charge on any atom is 0.134 e. The Kier molecular flexibility index (Phi) is 3.09. The molecule has 24 heavy (non-hydrogen) atoms. The number of hydrogen-bond acceptors (Lipinski definition) is 2. The summed E-state index contributed by atoms with van der Waals surface area (Å²) in [5, 5.41) is 5.48. The molecule has 3 aromatic rings. The van der Waals surface area contributed by atoms with Crippen molar-refractivity contribution in [1.29, 1.82) is 0 Å². The molecule has 2 atom stereocenters. The van der Waals surface area contributed by atoms with Gasteiger partial charge in [-0.2, -0.15) is 0 Å². The van der Waals surface area contributed by atoms with E-state index in [-0.39, 0.29) is 11.9 Å². The topological polar surface area (TPSA) is 24.9 Å². The SMILES string of the molecule is Fc1ccc2ccnc(NC3CC4CCCc5cccc3c54)c2c1. The molecule has 0 saturated carbocycles. The average molecular weight is 318 g/mol. The summed E-state index contributed by atoms with van der Waals surface area (Å²) in [6.07, 6.45) is 6.67. The molecular formula is C21H19FN2. The van der Waals surface area contributed by atoms with Gasteiger partial charge in [-0.05, 0) is 71.9 Å². The number of aromatic nitrogens is 1. The highest BCUT2D eigenvalue weighted by Gasteiger charge is 2.34. The van der Waals surface area contributed by atoms with Crippen molar-refractivity contribution in [3.63, 3.8) is 0 Å². The van der Waals surface area contributed by atoms with Crippen molar-refractivity contribution in [2.75, 3.05) is 5.32 Å². The van der Waals surface area contributed by atoms with Gasteiger partial charge in [0.15, 0.2) is 0 Å². The van der Waals surface area contributed by atoms with E-state index in [1.54, 1.807) is 17.8 Å². The van der Waals surface area contributed by atoms with E-state index < -0.39 is 0 Å². The Labute approximate surface area is 140 Å². The number of nitrogens with one attached hydrogen (secondary N) is 1. The molecule has 0 aliphatic heterocycles. The number of hydrogen-bond donors (Lipinski definition) is 1. The van der Waals surface area contributed by atoms with Gasteiger partial charge in [0.05, 0.1) is 6.04 Å². The van der Waals surface area contributed by atoms with Crippen LogP contribution in [0.25, 0.3) is 10.8 Å². The van der Waals surface area contributed by atoms with Crippen LogP contribution < -0.4 is 5.32 Å². The van der Waals surface area contributed by atoms with Crippen molar-refractivity contribution in [3.05, 3.63) is 71.2 Å². The number of aryl methyl sites for hydroxylation is 1. The molecule has 1 aromatic heterocycles. The zero-order valence-electron chi connectivity index (χ0n) is 13.4. The third-order valence-corrected chi connectivity index (χ3v) is 5.57. The van der Waals surface area contributed by atoms with Gasteiger partial charge in [0, 0.05) is 11.6 Å². The molecule has 5 rings (SSSR count). The standard InChI is InChI=1S/C21H19FN2/c22-16-8-7-13-9-10-23-21(18(13)12-16)24-19-11-15-5-1-3-14-4-2-6-17(19)20(14)15/h2,4,6-10,12,15,19H,1,3,5,11H2,(H,23,24). The predicted octanol–water partition coefficient (Wildman–Crippen LogP) is 5.35. The average Bonchev–Trinajstić information content (AvgIpc) is 2.96. The molecule has 0 spiro atoms. The summed E-state index contributed by atoms with van der Waals surface area (Å²) in [7, 11) is 0. The van der Waals surface area contributed by atoms with E-state index in [0.29, 0.717) is 5.92 Å². The Hall–Kier alpha value is -2.42. The van der Waals surface area contributed by atoms with E-state index >= 15 is 0 Å². The fourth-order valence-electron chi connectivity index (χ4n) is 4.54. The summed E-state index contributed by atoms with van der Waals surface area (Å²) < 4.78 is 13.7. The van der Waals surface area contributed by atoms with E-state index in [1.165, 1.54) is 36.5 Å². The largest absolute Gasteiger partial charge is 0.363 e. The lowest BCUT2D eigenvalue weighted by atomic mass is 9.84. The van der Waals surface area contributed by atoms with Crippen molar-refractivity contribution < 1.29 is 4.39 Å². The number of nitrogens with zero attached hydrogens (tertiary/aromatic N) is 1. The molecule has 120 valence electrons. The third-order valence-electron chi connectivity index (χ3n) is 5.57. The Morgan fingerprint density at radius 2 is 2.08 bits per heavy atom. The van der Waals surface area contributed by atoms with Crippen LogP contribution in [0.1, 0.15) is 47.9 Å². The van der Waals surface area contributed by atoms with Gasteiger partial charge in [0.25, 0.3) is 0 Å². The minimum Gasteiger partial charge on any atom is -0.363 e. The normalized spacial score (nSPS) is 21.7. The molecule has 2 unspecified atom stereocenters. The second-order valence-corrected chi connectivity index (χ2v) is 6.97. The number of fused-ring (bicyclic) bond motifs is 1. The van der Waals surface area contributed by atoms with Crippen LogP contribution in [0.4, 0.5) is 10.2 Å². The molecule has 2 aromatic carbocycles. The smallest absolute Gasteiger partial charge is 0.134 e. The van der Waals surface area contributed by atoms with Crippen LogP contribution in [0.2, 0.25) is 0 Å². The van der Waals surface area contributed by atoms with E-state index in [0.717, 1.165) is 23.0 Å². The fraction of sp³-hybridized carbons (Fsp3) is 0.286. The van der Waals surface area contributed by atoms with Gasteiger partial charge < -0.3 is 5.32 Å². The lowest BCUT2D eigenvalue weighted by Gasteiger charge is -2.20. The van der Waals surface area contributed by atoms with Gasteiger partial charge in [0.2, 0.25) is 0 Å². The minimum atomic E-state index is -0.219. The molecule has 0 bridgehead atoms. The van der Waals surface area contributed by atoms with Gasteiger partial charge in [-0.15, -0.1) is 0 Å². The lowest BCUT2D eigenvalue weighted by molar-refractivity contribution is 0.534. The van der Waals surface area contributed by atoms with Crippen LogP contribution in [0.5, 0.6) is 0 Å². The highest BCUT2D eigenvalue weighted by molar-refractivity contribution is 5.91. The summed E-state index contributed by atoms with van der Waals surface area (Å²) >= 11 is 0. The van der Waals surface area contributed by atoms with Crippen molar-refractivity contribution >= 4 is 16.6 Å². The molecule has 1 heterocycles. The van der Waals surface area contributed by atoms with Gasteiger partial charge in [0.1, 0.15) is 11.6 Å². The van der Waals surface area contributed by atoms with Crippen molar-refractivity contribution in [3.8, 4) is 0 Å². The molecule has 0 amide bonds. The van der Waals surface area contributed by atoms with Crippen LogP contribution in [0.3, 0.4) is 0 Å². The first-order valence-corrected chi connectivity index (χ1v) is 8.72. The first-order valence-electron chi connectivity index (χ1n) is 8.72. The molecule has 0 saturated heterocycles. The Morgan fingerprint density at radius 3 is 3.04 bits per heavy atom. The number of pyridine rings is 1. The summed E-state index contributed by atoms with van der Waals surface area (Å²) in [6.45, 7) is 0. The summed E-state index contributed by atoms with van der Waals surface area (Å²) in [4.78, 5) is 4.50. The quantitative estimate of drug-likeness (QED) is 0.689. The lowest BCUT2D eigenvalue weighted by Crippen LogP contribution is -2.09. The third kappa shape index (κ3) is 2.11. The van der Waals surface area contributed by atoms with E-state index in [4.69, 9.17) is 0 Å².